The van der Waals surface area contributed by atoms with E-state index in [9.17, 15) is 10.5 Å². The van der Waals surface area contributed by atoms with E-state index in [-0.39, 0.29) is 0 Å². The van der Waals surface area contributed by atoms with Crippen molar-refractivity contribution in [2.45, 2.75) is 0 Å². The Labute approximate surface area is 219 Å². The van der Waals surface area contributed by atoms with Crippen LogP contribution in [0.3, 0.4) is 0 Å². The molecule has 1 heterocycles. The second kappa shape index (κ2) is 9.55. The molecule has 0 N–H and O–H groups in total. The Morgan fingerprint density at radius 2 is 0.919 bits per heavy atom. The van der Waals surface area contributed by atoms with Crippen LogP contribution < -0.4 is 0 Å². The number of hydrogen-bond donors (Lipinski definition) is 0. The lowest BCUT2D eigenvalue weighted by Gasteiger charge is -2.12. The first-order valence-electron chi connectivity index (χ1n) is 11.8. The van der Waals surface area contributed by atoms with Gasteiger partial charge in [0.1, 0.15) is 5.01 Å². The van der Waals surface area contributed by atoms with E-state index in [4.69, 9.17) is 4.98 Å². The molecule has 3 nitrogen and oxygen atoms in total. The Morgan fingerprint density at radius 3 is 1.38 bits per heavy atom. The molecule has 0 fully saturated rings. The highest BCUT2D eigenvalue weighted by Crippen LogP contribution is 2.35. The number of thiazole rings is 1. The van der Waals surface area contributed by atoms with Gasteiger partial charge in [0.05, 0.1) is 33.5 Å². The summed E-state index contributed by atoms with van der Waals surface area (Å²) < 4.78 is 1.18. The highest BCUT2D eigenvalue weighted by Gasteiger charge is 2.10. The van der Waals surface area contributed by atoms with Gasteiger partial charge in [-0.15, -0.1) is 11.3 Å². The molecule has 0 aliphatic heterocycles. The average Bonchev–Trinajstić information content (AvgIpc) is 3.42. The predicted octanol–water partition coefficient (Wildman–Crippen LogP) is 8.71. The second-order valence-electron chi connectivity index (χ2n) is 8.74. The maximum atomic E-state index is 9.20. The molecule has 0 spiro atoms. The van der Waals surface area contributed by atoms with Crippen LogP contribution in [-0.2, 0) is 0 Å². The molecule has 0 aliphatic carbocycles. The molecule has 0 atom stereocenters. The highest BCUT2D eigenvalue weighted by atomic mass is 32.1. The van der Waals surface area contributed by atoms with Crippen LogP contribution in [0, 0.1) is 22.7 Å². The van der Waals surface area contributed by atoms with E-state index < -0.39 is 0 Å². The molecule has 1 aromatic heterocycles. The van der Waals surface area contributed by atoms with Crippen LogP contribution in [0.4, 0.5) is 0 Å². The molecule has 5 aromatic carbocycles. The van der Waals surface area contributed by atoms with Gasteiger partial charge in [-0.25, -0.2) is 4.98 Å². The van der Waals surface area contributed by atoms with Crippen LogP contribution >= 0.6 is 11.3 Å². The van der Waals surface area contributed by atoms with Crippen LogP contribution in [0.1, 0.15) is 11.1 Å². The summed E-state index contributed by atoms with van der Waals surface area (Å²) in [6.45, 7) is 0. The zero-order chi connectivity index (χ0) is 25.2. The fraction of sp³-hybridized carbons (Fsp3) is 0. The summed E-state index contributed by atoms with van der Waals surface area (Å²) in [5.74, 6) is 0. The molecule has 0 unspecified atom stereocenters. The van der Waals surface area contributed by atoms with Crippen LogP contribution in [0.15, 0.2) is 115 Å². The molecule has 0 amide bonds. The molecule has 6 rings (SSSR count). The Hall–Kier alpha value is -5.03. The summed E-state index contributed by atoms with van der Waals surface area (Å²) in [7, 11) is 0. The molecule has 4 heteroatoms. The topological polar surface area (TPSA) is 60.5 Å². The van der Waals surface area contributed by atoms with E-state index >= 15 is 0 Å². The van der Waals surface area contributed by atoms with Crippen molar-refractivity contribution in [3.05, 3.63) is 126 Å². The minimum atomic E-state index is 0.637. The first-order chi connectivity index (χ1) is 18.2. The minimum Gasteiger partial charge on any atom is -0.236 e. The number of rotatable bonds is 4. The van der Waals surface area contributed by atoms with Gasteiger partial charge < -0.3 is 0 Å². The first-order valence-corrected chi connectivity index (χ1v) is 12.6. The lowest BCUT2D eigenvalue weighted by molar-refractivity contribution is 1.47. The van der Waals surface area contributed by atoms with Crippen molar-refractivity contribution in [1.82, 2.24) is 4.98 Å². The lowest BCUT2D eigenvalue weighted by Crippen LogP contribution is -1.87. The van der Waals surface area contributed by atoms with Crippen LogP contribution in [0.5, 0.6) is 0 Å². The molecule has 0 saturated heterocycles. The largest absolute Gasteiger partial charge is 0.236 e. The summed E-state index contributed by atoms with van der Waals surface area (Å²) in [5, 5.41) is 19.4. The van der Waals surface area contributed by atoms with E-state index in [1.807, 2.05) is 66.7 Å². The lowest BCUT2D eigenvalue weighted by atomic mass is 9.92. The van der Waals surface area contributed by atoms with E-state index in [1.165, 1.54) is 4.70 Å². The van der Waals surface area contributed by atoms with E-state index in [1.54, 1.807) is 11.3 Å². The van der Waals surface area contributed by atoms with Crippen LogP contribution in [0.25, 0.3) is 54.2 Å². The maximum absolute atomic E-state index is 9.20. The zero-order valence-corrected chi connectivity index (χ0v) is 20.5. The van der Waals surface area contributed by atoms with Gasteiger partial charge in [-0.3, -0.25) is 0 Å². The van der Waals surface area contributed by atoms with Gasteiger partial charge in [0, 0.05) is 5.56 Å². The van der Waals surface area contributed by atoms with Crippen molar-refractivity contribution in [2.24, 2.45) is 0 Å². The molecule has 0 aliphatic rings. The van der Waals surface area contributed by atoms with Crippen molar-refractivity contribution < 1.29 is 0 Å². The molecular formula is C33H19N3S. The van der Waals surface area contributed by atoms with Crippen molar-refractivity contribution in [1.29, 1.82) is 10.5 Å². The maximum Gasteiger partial charge on any atom is 0.124 e. The molecule has 172 valence electrons. The number of benzene rings is 5. The van der Waals surface area contributed by atoms with Gasteiger partial charge in [0.25, 0.3) is 0 Å². The van der Waals surface area contributed by atoms with Gasteiger partial charge >= 0.3 is 0 Å². The number of hydrogen-bond acceptors (Lipinski definition) is 4. The predicted molar refractivity (Wildman–Crippen MR) is 151 cm³/mol. The van der Waals surface area contributed by atoms with E-state index in [2.05, 4.69) is 60.7 Å². The first kappa shape index (κ1) is 22.4. The smallest absolute Gasteiger partial charge is 0.124 e. The van der Waals surface area contributed by atoms with Crippen molar-refractivity contribution in [3.63, 3.8) is 0 Å². The molecular weight excluding hydrogens is 470 g/mol. The third kappa shape index (κ3) is 4.50. The summed E-state index contributed by atoms with van der Waals surface area (Å²) >= 11 is 1.70. The quantitative estimate of drug-likeness (QED) is 0.249. The van der Waals surface area contributed by atoms with E-state index in [0.29, 0.717) is 11.1 Å². The molecule has 0 radical (unpaired) electrons. The van der Waals surface area contributed by atoms with Crippen molar-refractivity contribution >= 4 is 21.6 Å². The summed E-state index contributed by atoms with van der Waals surface area (Å²) in [5.41, 5.74) is 9.81. The third-order valence-electron chi connectivity index (χ3n) is 6.39. The Morgan fingerprint density at radius 1 is 0.486 bits per heavy atom. The average molecular weight is 490 g/mol. The Balaban J connectivity index is 1.43. The molecule has 6 aromatic rings. The van der Waals surface area contributed by atoms with Gasteiger partial charge in [-0.2, -0.15) is 10.5 Å². The minimum absolute atomic E-state index is 0.637. The number of para-hydroxylation sites is 1. The monoisotopic (exact) mass is 489 g/mol. The summed E-state index contributed by atoms with van der Waals surface area (Å²) in [6, 6.07) is 42.9. The van der Waals surface area contributed by atoms with Gasteiger partial charge in [-0.1, -0.05) is 60.7 Å². The van der Waals surface area contributed by atoms with Crippen LogP contribution in [0.2, 0.25) is 0 Å². The standard InChI is InChI=1S/C33H19N3S/c34-20-22-5-9-24(10-6-22)28-17-29(25-11-7-23(21-35)8-12-25)19-30(18-28)26-13-15-27(16-14-26)33-36-31-3-1-2-4-32(31)37-33/h1-19H. The zero-order valence-electron chi connectivity index (χ0n) is 19.7. The SMILES string of the molecule is N#Cc1ccc(-c2cc(-c3ccc(C#N)cc3)cc(-c3ccc(-c4nc5ccccc5s4)cc3)c2)cc1. The fourth-order valence-corrected chi connectivity index (χ4v) is 5.37. The van der Waals surface area contributed by atoms with E-state index in [0.717, 1.165) is 49.5 Å². The Bertz CT molecular complexity index is 1710. The Kier molecular flexibility index (Phi) is 5.79. The van der Waals surface area contributed by atoms with Gasteiger partial charge in [0.15, 0.2) is 0 Å². The van der Waals surface area contributed by atoms with Gasteiger partial charge in [-0.05, 0) is 88.0 Å². The van der Waals surface area contributed by atoms with Gasteiger partial charge in [0.2, 0.25) is 0 Å². The second-order valence-corrected chi connectivity index (χ2v) is 9.77. The summed E-state index contributed by atoms with van der Waals surface area (Å²) in [6.07, 6.45) is 0. The molecule has 0 bridgehead atoms. The van der Waals surface area contributed by atoms with Crippen molar-refractivity contribution in [3.8, 4) is 56.1 Å². The molecule has 0 saturated carbocycles. The number of nitriles is 2. The number of fused-ring (bicyclic) bond motifs is 1. The number of nitrogens with zero attached hydrogens (tertiary/aromatic N) is 3. The highest BCUT2D eigenvalue weighted by molar-refractivity contribution is 7.21. The fourth-order valence-electron chi connectivity index (χ4n) is 4.40. The third-order valence-corrected chi connectivity index (χ3v) is 7.47. The van der Waals surface area contributed by atoms with Crippen LogP contribution in [-0.4, -0.2) is 4.98 Å². The number of aromatic nitrogens is 1. The summed E-state index contributed by atoms with van der Waals surface area (Å²) in [4.78, 5) is 4.79. The normalized spacial score (nSPS) is 10.6. The van der Waals surface area contributed by atoms with Crippen molar-refractivity contribution in [2.75, 3.05) is 0 Å². The molecule has 37 heavy (non-hydrogen) atoms.